The fourth-order valence-corrected chi connectivity index (χ4v) is 5.86. The number of rotatable bonds is 10. The molecule has 0 spiro atoms. The lowest BCUT2D eigenvalue weighted by molar-refractivity contribution is -0.146. The van der Waals surface area contributed by atoms with Crippen LogP contribution >= 0.6 is 0 Å². The van der Waals surface area contributed by atoms with Crippen LogP contribution in [0.3, 0.4) is 0 Å². The first kappa shape index (κ1) is 45.9. The highest BCUT2D eigenvalue weighted by Gasteiger charge is 2.38. The SMILES string of the molecule is [C-]#[N+]c1c(C(F)(F)F)cc(-c2cc(C)cc(C)c2)n(CC(=O)COC(C)=O)c1=O.[C-]#[N+]c1c(C(F)(F)F)cc(-c2cc(C)cc(C)c2)n(CC(O)COC(C)=O)c1=O. The number of nitrogens with zero attached hydrogens (tertiary/aromatic N) is 4. The molecule has 0 aliphatic heterocycles. The Hall–Kier alpha value is -6.53. The number of aromatic nitrogens is 2. The summed E-state index contributed by atoms with van der Waals surface area (Å²) in [5.74, 6) is -2.07. The monoisotopic (exact) mass is 814 g/mol. The van der Waals surface area contributed by atoms with Gasteiger partial charge in [-0.2, -0.15) is 26.3 Å². The van der Waals surface area contributed by atoms with Crippen LogP contribution in [0.15, 0.2) is 58.1 Å². The Balaban J connectivity index is 0.000000310. The zero-order valence-electron chi connectivity index (χ0n) is 31.9. The first-order valence-corrected chi connectivity index (χ1v) is 17.0. The van der Waals surface area contributed by atoms with Crippen LogP contribution in [0.5, 0.6) is 0 Å². The number of hydrogen-bond acceptors (Lipinski definition) is 8. The molecule has 2 aromatic carbocycles. The van der Waals surface area contributed by atoms with Crippen LogP contribution in [0.25, 0.3) is 32.2 Å². The Morgan fingerprint density at radius 3 is 1.41 bits per heavy atom. The van der Waals surface area contributed by atoms with Crippen LogP contribution in [0.2, 0.25) is 0 Å². The van der Waals surface area contributed by atoms with Gasteiger partial charge in [0.15, 0.2) is 12.4 Å². The largest absolute Gasteiger partial charge is 0.463 e. The third-order valence-corrected chi connectivity index (χ3v) is 8.06. The minimum Gasteiger partial charge on any atom is -0.463 e. The number of ether oxygens (including phenoxy) is 2. The Bertz CT molecular complexity index is 2410. The predicted molar refractivity (Wildman–Crippen MR) is 198 cm³/mol. The standard InChI is InChI=1S/C20H19F3N2O4.C20H17F3N2O4/c2*1-11-5-12(2)7-14(6-11)17-8-16(20(21,22)23)18(24-4)19(28)25(17)9-15(27)10-29-13(3)26/h5-8,15,27H,9-10H2,1-3H3;5-8H,9-10H2,1-3H3. The highest BCUT2D eigenvalue weighted by molar-refractivity contribution is 5.83. The second-order valence-corrected chi connectivity index (χ2v) is 13.1. The van der Waals surface area contributed by atoms with Gasteiger partial charge in [0.25, 0.3) is 22.5 Å². The average Bonchev–Trinajstić information content (AvgIpc) is 3.09. The molecule has 1 unspecified atom stereocenters. The van der Waals surface area contributed by atoms with Crippen molar-refractivity contribution in [3.8, 4) is 22.5 Å². The van der Waals surface area contributed by atoms with Gasteiger partial charge in [-0.25, -0.2) is 9.69 Å². The van der Waals surface area contributed by atoms with E-state index in [0.717, 1.165) is 51.3 Å². The van der Waals surface area contributed by atoms with Crippen molar-refractivity contribution in [1.82, 2.24) is 9.13 Å². The number of halogens is 6. The van der Waals surface area contributed by atoms with Gasteiger partial charge in [-0.3, -0.25) is 24.0 Å². The fraction of sp³-hybridized carbons (Fsp3) is 0.325. The molecule has 0 fully saturated rings. The second-order valence-electron chi connectivity index (χ2n) is 13.1. The lowest BCUT2D eigenvalue weighted by Gasteiger charge is -2.20. The fourth-order valence-electron chi connectivity index (χ4n) is 5.86. The van der Waals surface area contributed by atoms with Gasteiger partial charge in [-0.15, -0.1) is 0 Å². The molecule has 0 amide bonds. The normalized spacial score (nSPS) is 11.7. The smallest absolute Gasteiger partial charge is 0.407 e. The van der Waals surface area contributed by atoms with E-state index in [9.17, 15) is 55.4 Å². The number of carbonyl (C=O) groups is 3. The van der Waals surface area contributed by atoms with E-state index in [1.54, 1.807) is 58.0 Å². The van der Waals surface area contributed by atoms with Crippen molar-refractivity contribution in [3.05, 3.63) is 125 Å². The zero-order valence-corrected chi connectivity index (χ0v) is 31.9. The topological polar surface area (TPSA) is 143 Å². The van der Waals surface area contributed by atoms with E-state index in [1.807, 2.05) is 6.07 Å². The van der Waals surface area contributed by atoms with Crippen LogP contribution < -0.4 is 11.1 Å². The average molecular weight is 815 g/mol. The van der Waals surface area contributed by atoms with Gasteiger partial charge in [-0.1, -0.05) is 34.4 Å². The van der Waals surface area contributed by atoms with Crippen molar-refractivity contribution in [2.24, 2.45) is 0 Å². The summed E-state index contributed by atoms with van der Waals surface area (Å²) in [6.45, 7) is 21.1. The number of hydrogen-bond donors (Lipinski definition) is 1. The zero-order chi connectivity index (χ0) is 43.9. The van der Waals surface area contributed by atoms with Gasteiger partial charge < -0.3 is 23.7 Å². The molecule has 4 rings (SSSR count). The number of carbonyl (C=O) groups excluding carboxylic acids is 3. The summed E-state index contributed by atoms with van der Waals surface area (Å²) in [6, 6.07) is 11.4. The Kier molecular flexibility index (Phi) is 14.7. The molecule has 58 heavy (non-hydrogen) atoms. The molecule has 2 heterocycles. The number of alkyl halides is 6. The lowest BCUT2D eigenvalue weighted by atomic mass is 10.0. The molecule has 0 aliphatic rings. The molecular weight excluding hydrogens is 778 g/mol. The first-order chi connectivity index (χ1) is 26.9. The summed E-state index contributed by atoms with van der Waals surface area (Å²) in [6.07, 6.45) is -11.2. The summed E-state index contributed by atoms with van der Waals surface area (Å²) in [5, 5.41) is 10.1. The van der Waals surface area contributed by atoms with Gasteiger partial charge in [0.05, 0.1) is 37.4 Å². The quantitative estimate of drug-likeness (QED) is 0.0989. The Labute approximate surface area is 327 Å². The third kappa shape index (κ3) is 11.7. The van der Waals surface area contributed by atoms with Crippen molar-refractivity contribution < 1.29 is 55.3 Å². The van der Waals surface area contributed by atoms with Crippen molar-refractivity contribution in [2.45, 2.75) is 73.1 Å². The van der Waals surface area contributed by atoms with E-state index in [2.05, 4.69) is 19.2 Å². The van der Waals surface area contributed by atoms with E-state index in [1.165, 1.54) is 0 Å². The molecule has 0 saturated heterocycles. The van der Waals surface area contributed by atoms with Crippen LogP contribution in [0.1, 0.15) is 47.2 Å². The summed E-state index contributed by atoms with van der Waals surface area (Å²) in [5.41, 5.74) is -3.91. The Morgan fingerprint density at radius 2 is 1.05 bits per heavy atom. The minimum atomic E-state index is -4.92. The van der Waals surface area contributed by atoms with Gasteiger partial charge >= 0.3 is 24.3 Å². The van der Waals surface area contributed by atoms with Crippen LogP contribution in [-0.4, -0.2) is 51.3 Å². The number of aryl methyl sites for hydroxylation is 4. The predicted octanol–water partition coefficient (Wildman–Crippen LogP) is 7.46. The van der Waals surface area contributed by atoms with Crippen molar-refractivity contribution in [1.29, 1.82) is 0 Å². The maximum atomic E-state index is 13.5. The molecule has 1 atom stereocenters. The highest BCUT2D eigenvalue weighted by atomic mass is 19.4. The van der Waals surface area contributed by atoms with Gasteiger partial charge in [-0.05, 0) is 75.2 Å². The Morgan fingerprint density at radius 1 is 0.672 bits per heavy atom. The summed E-state index contributed by atoms with van der Waals surface area (Å²) >= 11 is 0. The molecule has 0 aliphatic carbocycles. The summed E-state index contributed by atoms with van der Waals surface area (Å²) in [7, 11) is 0. The maximum absolute atomic E-state index is 13.5. The van der Waals surface area contributed by atoms with E-state index in [0.29, 0.717) is 17.2 Å². The second kappa shape index (κ2) is 18.6. The van der Waals surface area contributed by atoms with Crippen LogP contribution in [0.4, 0.5) is 37.7 Å². The van der Waals surface area contributed by atoms with E-state index < -0.39 is 96.1 Å². The van der Waals surface area contributed by atoms with Crippen molar-refractivity contribution in [2.75, 3.05) is 13.2 Å². The van der Waals surface area contributed by atoms with Gasteiger partial charge in [0, 0.05) is 25.2 Å². The van der Waals surface area contributed by atoms with E-state index >= 15 is 0 Å². The highest BCUT2D eigenvalue weighted by Crippen LogP contribution is 2.39. The molecule has 12 nitrogen and oxygen atoms in total. The minimum absolute atomic E-state index is 0.0941. The summed E-state index contributed by atoms with van der Waals surface area (Å²) < 4.78 is 91.8. The molecule has 0 bridgehead atoms. The maximum Gasteiger partial charge on any atom is 0.407 e. The number of aliphatic hydroxyl groups excluding tert-OH is 1. The first-order valence-electron chi connectivity index (χ1n) is 17.0. The third-order valence-electron chi connectivity index (χ3n) is 8.06. The van der Waals surface area contributed by atoms with Crippen molar-refractivity contribution in [3.63, 3.8) is 0 Å². The number of benzene rings is 2. The number of aliphatic hydroxyl groups is 1. The van der Waals surface area contributed by atoms with Crippen molar-refractivity contribution >= 4 is 29.1 Å². The molecule has 18 heteroatoms. The molecule has 2 aromatic heterocycles. The molecule has 0 radical (unpaired) electrons. The molecule has 306 valence electrons. The number of Topliss-reactive ketones (excluding diaryl/α,β-unsaturated/α-hetero) is 1. The number of pyridine rings is 2. The summed E-state index contributed by atoms with van der Waals surface area (Å²) in [4.78, 5) is 64.9. The van der Waals surface area contributed by atoms with Gasteiger partial charge in [0.2, 0.25) is 0 Å². The van der Waals surface area contributed by atoms with E-state index in [-0.39, 0.29) is 11.4 Å². The van der Waals surface area contributed by atoms with Crippen LogP contribution in [-0.2, 0) is 49.3 Å². The molecule has 4 aromatic rings. The molecular formula is C40H36F6N4O8. The molecule has 0 saturated carbocycles. The lowest BCUT2D eigenvalue weighted by Crippen LogP contribution is -2.32. The van der Waals surface area contributed by atoms with E-state index in [4.69, 9.17) is 13.1 Å². The number of esters is 2. The van der Waals surface area contributed by atoms with Gasteiger partial charge in [0.1, 0.15) is 12.7 Å². The molecule has 1 N–H and O–H groups in total. The van der Waals surface area contributed by atoms with Crippen LogP contribution in [0, 0.1) is 40.8 Å². The number of ketones is 1.